The molecule has 0 fully saturated rings. The van der Waals surface area contributed by atoms with Crippen molar-refractivity contribution in [3.8, 4) is 11.1 Å². The lowest BCUT2D eigenvalue weighted by atomic mass is 10.0. The average molecular weight is 319 g/mol. The molecule has 1 N–H and O–H groups in total. The Labute approximate surface area is 135 Å². The van der Waals surface area contributed by atoms with Crippen LogP contribution in [0.5, 0.6) is 0 Å². The van der Waals surface area contributed by atoms with E-state index in [1.165, 1.54) is 0 Å². The minimum Gasteiger partial charge on any atom is -0.479 e. The van der Waals surface area contributed by atoms with Gasteiger partial charge in [-0.15, -0.1) is 0 Å². The quantitative estimate of drug-likeness (QED) is 0.821. The van der Waals surface area contributed by atoms with Gasteiger partial charge in [-0.05, 0) is 41.7 Å². The highest BCUT2D eigenvalue weighted by molar-refractivity contribution is 6.30. The predicted molar refractivity (Wildman–Crippen MR) is 88.3 cm³/mol. The van der Waals surface area contributed by atoms with Crippen LogP contribution in [0.1, 0.15) is 18.9 Å². The summed E-state index contributed by atoms with van der Waals surface area (Å²) in [6.07, 6.45) is 0.462. The number of halogens is 1. The molecule has 2 aromatic carbocycles. The lowest BCUT2D eigenvalue weighted by Gasteiger charge is -2.11. The van der Waals surface area contributed by atoms with Crippen LogP contribution in [0.4, 0.5) is 0 Å². The van der Waals surface area contributed by atoms with Crippen LogP contribution in [0.15, 0.2) is 48.5 Å². The molecule has 0 aliphatic rings. The van der Waals surface area contributed by atoms with E-state index in [1.807, 2.05) is 48.5 Å². The van der Waals surface area contributed by atoms with Crippen molar-refractivity contribution in [1.82, 2.24) is 0 Å². The summed E-state index contributed by atoms with van der Waals surface area (Å²) in [5, 5.41) is 9.64. The van der Waals surface area contributed by atoms with Crippen LogP contribution in [0.2, 0.25) is 5.02 Å². The van der Waals surface area contributed by atoms with Crippen molar-refractivity contribution in [3.63, 3.8) is 0 Å². The van der Waals surface area contributed by atoms with Crippen molar-refractivity contribution in [2.75, 3.05) is 6.61 Å². The van der Waals surface area contributed by atoms with E-state index in [0.717, 1.165) is 21.7 Å². The molecular formula is C18H19ClO3. The summed E-state index contributed by atoms with van der Waals surface area (Å²) in [6.45, 7) is 2.21. The van der Waals surface area contributed by atoms with E-state index in [9.17, 15) is 4.79 Å². The number of carboxylic acids is 1. The Morgan fingerprint density at radius 1 is 1.09 bits per heavy atom. The molecule has 1 atom stereocenters. The Morgan fingerprint density at radius 3 is 2.14 bits per heavy atom. The first kappa shape index (κ1) is 16.5. The monoisotopic (exact) mass is 318 g/mol. The highest BCUT2D eigenvalue weighted by atomic mass is 35.5. The Balaban J connectivity index is 1.92. The van der Waals surface area contributed by atoms with Crippen molar-refractivity contribution in [1.29, 1.82) is 0 Å². The molecule has 2 rings (SSSR count). The van der Waals surface area contributed by atoms with Gasteiger partial charge in [0.25, 0.3) is 0 Å². The molecule has 0 aliphatic carbocycles. The molecule has 0 aliphatic heterocycles. The van der Waals surface area contributed by atoms with Gasteiger partial charge in [0.05, 0.1) is 6.61 Å². The normalized spacial score (nSPS) is 12.1. The van der Waals surface area contributed by atoms with Crippen LogP contribution in [-0.2, 0) is 16.0 Å². The zero-order valence-electron chi connectivity index (χ0n) is 12.5. The summed E-state index contributed by atoms with van der Waals surface area (Å²) in [6, 6.07) is 15.9. The molecule has 0 saturated heterocycles. The van der Waals surface area contributed by atoms with Crippen LogP contribution in [0, 0.1) is 0 Å². The van der Waals surface area contributed by atoms with Crippen molar-refractivity contribution in [2.24, 2.45) is 0 Å². The van der Waals surface area contributed by atoms with Gasteiger partial charge in [-0.25, -0.2) is 4.79 Å². The van der Waals surface area contributed by atoms with Crippen LogP contribution in [0.3, 0.4) is 0 Å². The number of carbonyl (C=O) groups is 1. The lowest BCUT2D eigenvalue weighted by molar-refractivity contribution is -0.150. The molecule has 22 heavy (non-hydrogen) atoms. The van der Waals surface area contributed by atoms with Gasteiger partial charge in [0.2, 0.25) is 0 Å². The molecule has 0 heterocycles. The first-order valence-electron chi connectivity index (χ1n) is 7.29. The topological polar surface area (TPSA) is 46.5 Å². The molecule has 2 aromatic rings. The van der Waals surface area contributed by atoms with Crippen LogP contribution in [-0.4, -0.2) is 23.8 Å². The van der Waals surface area contributed by atoms with Crippen LogP contribution >= 0.6 is 11.6 Å². The zero-order valence-corrected chi connectivity index (χ0v) is 13.2. The Bertz CT molecular complexity index is 605. The van der Waals surface area contributed by atoms with Crippen LogP contribution < -0.4 is 0 Å². The third-order valence-corrected chi connectivity index (χ3v) is 3.74. The largest absolute Gasteiger partial charge is 0.479 e. The summed E-state index contributed by atoms with van der Waals surface area (Å²) in [7, 11) is 0. The third-order valence-electron chi connectivity index (χ3n) is 3.49. The highest BCUT2D eigenvalue weighted by Gasteiger charge is 2.14. The van der Waals surface area contributed by atoms with Gasteiger partial charge in [0, 0.05) is 5.02 Å². The maximum absolute atomic E-state index is 10.9. The summed E-state index contributed by atoms with van der Waals surface area (Å²) in [4.78, 5) is 10.9. The van der Waals surface area contributed by atoms with E-state index in [4.69, 9.17) is 21.4 Å². The van der Waals surface area contributed by atoms with Crippen molar-refractivity contribution >= 4 is 17.6 Å². The maximum atomic E-state index is 10.9. The molecular weight excluding hydrogens is 300 g/mol. The Hall–Kier alpha value is -1.84. The molecule has 116 valence electrons. The van der Waals surface area contributed by atoms with E-state index in [1.54, 1.807) is 6.92 Å². The standard InChI is InChI=1S/C18H19ClO3/c1-2-17(18(20)21)22-12-11-13-3-5-14(6-4-13)15-7-9-16(19)10-8-15/h3-10,17H,2,11-12H2,1H3,(H,20,21). The summed E-state index contributed by atoms with van der Waals surface area (Å²) in [5.41, 5.74) is 3.36. The smallest absolute Gasteiger partial charge is 0.332 e. The number of rotatable bonds is 7. The van der Waals surface area contributed by atoms with E-state index in [-0.39, 0.29) is 0 Å². The number of hydrogen-bond acceptors (Lipinski definition) is 2. The molecule has 1 unspecified atom stereocenters. The number of carboxylic acid groups (broad SMARTS) is 1. The highest BCUT2D eigenvalue weighted by Crippen LogP contribution is 2.22. The van der Waals surface area contributed by atoms with Crippen molar-refractivity contribution < 1.29 is 14.6 Å². The second-order valence-corrected chi connectivity index (χ2v) is 5.50. The Morgan fingerprint density at radius 2 is 1.64 bits per heavy atom. The van der Waals surface area contributed by atoms with Gasteiger partial charge in [0.15, 0.2) is 6.10 Å². The second kappa shape index (κ2) is 7.97. The number of hydrogen-bond donors (Lipinski definition) is 1. The summed E-state index contributed by atoms with van der Waals surface area (Å²) >= 11 is 5.89. The molecule has 0 aromatic heterocycles. The fourth-order valence-corrected chi connectivity index (χ4v) is 2.31. The SMILES string of the molecule is CCC(OCCc1ccc(-c2ccc(Cl)cc2)cc1)C(=O)O. The molecule has 0 saturated carbocycles. The Kier molecular flexibility index (Phi) is 5.99. The fraction of sp³-hybridized carbons (Fsp3) is 0.278. The van der Waals surface area contributed by atoms with E-state index in [2.05, 4.69) is 0 Å². The number of benzene rings is 2. The van der Waals surface area contributed by atoms with E-state index in [0.29, 0.717) is 19.4 Å². The summed E-state index contributed by atoms with van der Waals surface area (Å²) in [5.74, 6) is -0.902. The van der Waals surface area contributed by atoms with Gasteiger partial charge in [-0.1, -0.05) is 54.9 Å². The van der Waals surface area contributed by atoms with E-state index < -0.39 is 12.1 Å². The second-order valence-electron chi connectivity index (χ2n) is 5.06. The molecule has 0 amide bonds. The third kappa shape index (κ3) is 4.58. The number of aliphatic carboxylic acids is 1. The van der Waals surface area contributed by atoms with Crippen molar-refractivity contribution in [2.45, 2.75) is 25.9 Å². The van der Waals surface area contributed by atoms with Gasteiger partial charge in [-0.2, -0.15) is 0 Å². The van der Waals surface area contributed by atoms with Gasteiger partial charge >= 0.3 is 5.97 Å². The first-order valence-corrected chi connectivity index (χ1v) is 7.67. The molecule has 0 radical (unpaired) electrons. The van der Waals surface area contributed by atoms with Gasteiger partial charge in [0.1, 0.15) is 0 Å². The van der Waals surface area contributed by atoms with E-state index >= 15 is 0 Å². The number of ether oxygens (including phenoxy) is 1. The fourth-order valence-electron chi connectivity index (χ4n) is 2.19. The minimum atomic E-state index is -0.902. The maximum Gasteiger partial charge on any atom is 0.332 e. The van der Waals surface area contributed by atoms with Crippen molar-refractivity contribution in [3.05, 3.63) is 59.1 Å². The van der Waals surface area contributed by atoms with Crippen LogP contribution in [0.25, 0.3) is 11.1 Å². The first-order chi connectivity index (χ1) is 10.6. The molecule has 0 bridgehead atoms. The zero-order chi connectivity index (χ0) is 15.9. The lowest BCUT2D eigenvalue weighted by Crippen LogP contribution is -2.23. The van der Waals surface area contributed by atoms with Gasteiger partial charge in [-0.3, -0.25) is 0 Å². The van der Waals surface area contributed by atoms with Gasteiger partial charge < -0.3 is 9.84 Å². The molecule has 4 heteroatoms. The summed E-state index contributed by atoms with van der Waals surface area (Å²) < 4.78 is 5.37. The molecule has 0 spiro atoms. The minimum absolute atomic E-state index is 0.408. The predicted octanol–water partition coefficient (Wildman–Crippen LogP) is 4.43. The average Bonchev–Trinajstić information content (AvgIpc) is 2.52. The molecule has 3 nitrogen and oxygen atoms in total.